The van der Waals surface area contributed by atoms with Crippen molar-refractivity contribution >= 4 is 21.5 Å². The summed E-state index contributed by atoms with van der Waals surface area (Å²) in [6.07, 6.45) is 1.05. The molecule has 0 fully saturated rings. The van der Waals surface area contributed by atoms with Gasteiger partial charge >= 0.3 is 10.1 Å². The normalized spacial score (nSPS) is 11.5. The Kier molecular flexibility index (Phi) is 3.88. The molecule has 0 radical (unpaired) electrons. The molecule has 0 amide bonds. The average molecular weight is 318 g/mol. The third kappa shape index (κ3) is 3.14. The van der Waals surface area contributed by atoms with Gasteiger partial charge in [-0.3, -0.25) is 4.55 Å². The van der Waals surface area contributed by atoms with Gasteiger partial charge < -0.3 is 5.32 Å². The summed E-state index contributed by atoms with van der Waals surface area (Å²) in [6.45, 7) is 1.30. The van der Waals surface area contributed by atoms with Crippen LogP contribution in [0.5, 0.6) is 0 Å². The summed E-state index contributed by atoms with van der Waals surface area (Å²) in [6, 6.07) is 2.36. The molecule has 5 nitrogen and oxygen atoms in total. The van der Waals surface area contributed by atoms with Gasteiger partial charge in [0.2, 0.25) is 0 Å². The van der Waals surface area contributed by atoms with Crippen LogP contribution in [0.2, 0.25) is 0 Å². The quantitative estimate of drug-likeness (QED) is 0.672. The summed E-state index contributed by atoms with van der Waals surface area (Å²) in [5.74, 6) is -3.71. The van der Waals surface area contributed by atoms with E-state index in [0.717, 1.165) is 6.20 Å². The number of hydrogen-bond acceptors (Lipinski definition) is 4. The maximum absolute atomic E-state index is 13.5. The van der Waals surface area contributed by atoms with Gasteiger partial charge in [-0.05, 0) is 13.0 Å². The molecule has 0 spiro atoms. The van der Waals surface area contributed by atoms with Gasteiger partial charge in [-0.15, -0.1) is 0 Å². The fraction of sp³-hybridized carbons (Fsp3) is 0.0833. The second kappa shape index (κ2) is 5.34. The SMILES string of the molecule is Cc1c(Nc2cc(F)cc(F)c2F)ccnc1S(=O)(=O)O. The number of anilines is 2. The van der Waals surface area contributed by atoms with E-state index in [1.165, 1.54) is 13.0 Å². The van der Waals surface area contributed by atoms with Crippen molar-refractivity contribution in [2.24, 2.45) is 0 Å². The van der Waals surface area contributed by atoms with Gasteiger partial charge in [0.1, 0.15) is 5.82 Å². The minimum absolute atomic E-state index is 0.0240. The lowest BCUT2D eigenvalue weighted by Gasteiger charge is -2.12. The van der Waals surface area contributed by atoms with Crippen molar-refractivity contribution in [2.75, 3.05) is 5.32 Å². The van der Waals surface area contributed by atoms with Crippen LogP contribution in [0.1, 0.15) is 5.56 Å². The number of nitrogens with one attached hydrogen (secondary N) is 1. The molecule has 0 aliphatic carbocycles. The molecule has 0 unspecified atom stereocenters. The monoisotopic (exact) mass is 318 g/mol. The molecule has 0 bridgehead atoms. The Morgan fingerprint density at radius 2 is 1.86 bits per heavy atom. The molecule has 0 aliphatic heterocycles. The van der Waals surface area contributed by atoms with E-state index in [1.807, 2.05) is 0 Å². The number of benzene rings is 1. The first-order chi connectivity index (χ1) is 9.70. The molecule has 0 aliphatic rings. The molecule has 2 rings (SSSR count). The Labute approximate surface area is 118 Å². The number of nitrogens with zero attached hydrogens (tertiary/aromatic N) is 1. The average Bonchev–Trinajstić information content (AvgIpc) is 2.36. The molecule has 112 valence electrons. The van der Waals surface area contributed by atoms with Crippen molar-refractivity contribution in [1.82, 2.24) is 4.98 Å². The van der Waals surface area contributed by atoms with Gasteiger partial charge in [0.05, 0.1) is 5.69 Å². The standard InChI is InChI=1S/C12H9F3N2O3S/c1-6-9(2-3-16-12(6)21(18,19)20)17-10-5-7(13)4-8(14)11(10)15/h2-5H,1H3,(H,16,17)(H,18,19,20). The number of aromatic nitrogens is 1. The molecule has 21 heavy (non-hydrogen) atoms. The van der Waals surface area contributed by atoms with E-state index in [0.29, 0.717) is 12.1 Å². The lowest BCUT2D eigenvalue weighted by molar-refractivity contribution is 0.478. The van der Waals surface area contributed by atoms with E-state index in [-0.39, 0.29) is 11.3 Å². The zero-order valence-corrected chi connectivity index (χ0v) is 11.4. The molecular weight excluding hydrogens is 309 g/mol. The lowest BCUT2D eigenvalue weighted by Crippen LogP contribution is -2.07. The summed E-state index contributed by atoms with van der Waals surface area (Å²) in [7, 11) is -4.57. The maximum atomic E-state index is 13.5. The van der Waals surface area contributed by atoms with Gasteiger partial charge in [0.25, 0.3) is 0 Å². The molecule has 9 heteroatoms. The fourth-order valence-corrected chi connectivity index (χ4v) is 2.39. The minimum atomic E-state index is -4.57. The van der Waals surface area contributed by atoms with E-state index in [9.17, 15) is 21.6 Å². The highest BCUT2D eigenvalue weighted by atomic mass is 32.2. The minimum Gasteiger partial charge on any atom is -0.353 e. The highest BCUT2D eigenvalue weighted by molar-refractivity contribution is 7.85. The van der Waals surface area contributed by atoms with E-state index >= 15 is 0 Å². The molecule has 2 N–H and O–H groups in total. The third-order valence-electron chi connectivity index (χ3n) is 2.66. The zero-order valence-electron chi connectivity index (χ0n) is 10.6. The largest absolute Gasteiger partial charge is 0.353 e. The highest BCUT2D eigenvalue weighted by Crippen LogP contribution is 2.27. The Balaban J connectivity index is 2.51. The predicted molar refractivity (Wildman–Crippen MR) is 68.4 cm³/mol. The molecule has 0 atom stereocenters. The Hall–Kier alpha value is -2.13. The van der Waals surface area contributed by atoms with E-state index in [1.54, 1.807) is 0 Å². The van der Waals surface area contributed by atoms with Gasteiger partial charge in [-0.2, -0.15) is 8.42 Å². The van der Waals surface area contributed by atoms with Crippen molar-refractivity contribution in [3.63, 3.8) is 0 Å². The van der Waals surface area contributed by atoms with Crippen LogP contribution in [0.25, 0.3) is 0 Å². The Morgan fingerprint density at radius 3 is 2.48 bits per heavy atom. The topological polar surface area (TPSA) is 79.3 Å². The number of rotatable bonds is 3. The first-order valence-electron chi connectivity index (χ1n) is 5.55. The van der Waals surface area contributed by atoms with Gasteiger partial charge in [-0.25, -0.2) is 18.2 Å². The van der Waals surface area contributed by atoms with Crippen molar-refractivity contribution in [1.29, 1.82) is 0 Å². The molecule has 1 aromatic carbocycles. The molecule has 2 aromatic rings. The number of halogens is 3. The van der Waals surface area contributed by atoms with Crippen LogP contribution in [0.4, 0.5) is 24.5 Å². The lowest BCUT2D eigenvalue weighted by atomic mass is 10.2. The van der Waals surface area contributed by atoms with Crippen LogP contribution >= 0.6 is 0 Å². The molecular formula is C12H9F3N2O3S. The third-order valence-corrected chi connectivity index (χ3v) is 3.56. The van der Waals surface area contributed by atoms with Gasteiger partial charge in [-0.1, -0.05) is 0 Å². The van der Waals surface area contributed by atoms with Crippen molar-refractivity contribution < 1.29 is 26.1 Å². The maximum Gasteiger partial charge on any atom is 0.312 e. The zero-order chi connectivity index (χ0) is 15.8. The van der Waals surface area contributed by atoms with Gasteiger partial charge in [0, 0.05) is 29.6 Å². The van der Waals surface area contributed by atoms with Crippen LogP contribution in [0, 0.1) is 24.4 Å². The van der Waals surface area contributed by atoms with Crippen LogP contribution in [-0.4, -0.2) is 18.0 Å². The van der Waals surface area contributed by atoms with Crippen LogP contribution < -0.4 is 5.32 Å². The smallest absolute Gasteiger partial charge is 0.312 e. The highest BCUT2D eigenvalue weighted by Gasteiger charge is 2.18. The van der Waals surface area contributed by atoms with E-state index in [4.69, 9.17) is 4.55 Å². The summed E-state index contributed by atoms with van der Waals surface area (Å²) in [5.41, 5.74) is -0.506. The van der Waals surface area contributed by atoms with Crippen LogP contribution in [0.3, 0.4) is 0 Å². The first-order valence-corrected chi connectivity index (χ1v) is 6.99. The predicted octanol–water partition coefficient (Wildman–Crippen LogP) is 2.80. The van der Waals surface area contributed by atoms with Crippen LogP contribution in [-0.2, 0) is 10.1 Å². The Morgan fingerprint density at radius 1 is 1.19 bits per heavy atom. The summed E-state index contributed by atoms with van der Waals surface area (Å²) < 4.78 is 70.9. The van der Waals surface area contributed by atoms with Gasteiger partial charge in [0.15, 0.2) is 16.7 Å². The molecule has 1 aromatic heterocycles. The second-order valence-electron chi connectivity index (χ2n) is 4.14. The molecule has 1 heterocycles. The van der Waals surface area contributed by atoms with E-state index in [2.05, 4.69) is 10.3 Å². The van der Waals surface area contributed by atoms with E-state index < -0.39 is 38.3 Å². The fourth-order valence-electron chi connectivity index (χ4n) is 1.70. The Bertz CT molecular complexity index is 810. The summed E-state index contributed by atoms with van der Waals surface area (Å²) >= 11 is 0. The van der Waals surface area contributed by atoms with Crippen molar-refractivity contribution in [3.8, 4) is 0 Å². The second-order valence-corrected chi connectivity index (χ2v) is 5.47. The molecule has 0 saturated carbocycles. The van der Waals surface area contributed by atoms with Crippen molar-refractivity contribution in [3.05, 3.63) is 47.4 Å². The summed E-state index contributed by atoms with van der Waals surface area (Å²) in [4.78, 5) is 3.49. The first kappa shape index (κ1) is 15.3. The number of pyridine rings is 1. The van der Waals surface area contributed by atoms with Crippen LogP contribution in [0.15, 0.2) is 29.4 Å². The van der Waals surface area contributed by atoms with Crippen molar-refractivity contribution in [2.45, 2.75) is 11.9 Å². The number of hydrogen-bond donors (Lipinski definition) is 2. The summed E-state index contributed by atoms with van der Waals surface area (Å²) in [5, 5.41) is 1.73. The molecule has 0 saturated heterocycles.